The van der Waals surface area contributed by atoms with E-state index in [1.54, 1.807) is 25.3 Å². The van der Waals surface area contributed by atoms with Crippen molar-refractivity contribution in [2.45, 2.75) is 25.7 Å². The summed E-state index contributed by atoms with van der Waals surface area (Å²) in [6.45, 7) is 7.82. The molecule has 0 spiro atoms. The second kappa shape index (κ2) is 7.30. The van der Waals surface area contributed by atoms with Crippen molar-refractivity contribution in [3.8, 4) is 11.5 Å². The molecule has 1 aromatic carbocycles. The highest BCUT2D eigenvalue weighted by molar-refractivity contribution is 6.76. The van der Waals surface area contributed by atoms with Crippen LogP contribution in [0, 0.1) is 0 Å². The summed E-state index contributed by atoms with van der Waals surface area (Å²) in [5, 5.41) is 0. The van der Waals surface area contributed by atoms with Crippen LogP contribution in [-0.4, -0.2) is 34.9 Å². The summed E-state index contributed by atoms with van der Waals surface area (Å²) >= 11 is 0. The summed E-state index contributed by atoms with van der Waals surface area (Å²) in [5.74, 6) is 1.12. The molecule has 5 heteroatoms. The van der Waals surface area contributed by atoms with Gasteiger partial charge in [0.15, 0.2) is 18.3 Å². The molecule has 106 valence electrons. The first kappa shape index (κ1) is 15.7. The van der Waals surface area contributed by atoms with Crippen molar-refractivity contribution in [1.29, 1.82) is 0 Å². The molecule has 0 bridgehead atoms. The van der Waals surface area contributed by atoms with Gasteiger partial charge in [-0.15, -0.1) is 0 Å². The quantitative estimate of drug-likeness (QED) is 0.318. The van der Waals surface area contributed by atoms with E-state index in [0.29, 0.717) is 23.7 Å². The molecular formula is C14H22O4Si. The third-order valence-corrected chi connectivity index (χ3v) is 4.32. The highest BCUT2D eigenvalue weighted by Gasteiger charge is 2.12. The van der Waals surface area contributed by atoms with Crippen molar-refractivity contribution in [3.63, 3.8) is 0 Å². The van der Waals surface area contributed by atoms with Crippen LogP contribution in [0.2, 0.25) is 25.7 Å². The van der Waals surface area contributed by atoms with Crippen LogP contribution in [0.15, 0.2) is 18.2 Å². The molecule has 0 aliphatic carbocycles. The predicted molar refractivity (Wildman–Crippen MR) is 78.0 cm³/mol. The third-order valence-electron chi connectivity index (χ3n) is 2.62. The van der Waals surface area contributed by atoms with Crippen molar-refractivity contribution in [3.05, 3.63) is 23.8 Å². The molecule has 0 aromatic heterocycles. The molecule has 0 aliphatic rings. The first-order chi connectivity index (χ1) is 8.96. The Labute approximate surface area is 115 Å². The average Bonchev–Trinajstić information content (AvgIpc) is 2.37. The monoisotopic (exact) mass is 282 g/mol. The van der Waals surface area contributed by atoms with Crippen LogP contribution in [0.1, 0.15) is 10.4 Å². The Bertz CT molecular complexity index is 412. The number of hydrogen-bond donors (Lipinski definition) is 0. The molecule has 0 amide bonds. The molecule has 0 saturated heterocycles. The van der Waals surface area contributed by atoms with Gasteiger partial charge in [-0.2, -0.15) is 0 Å². The fraction of sp³-hybridized carbons (Fsp3) is 0.500. The van der Waals surface area contributed by atoms with Crippen molar-refractivity contribution >= 4 is 14.4 Å². The summed E-state index contributed by atoms with van der Waals surface area (Å²) < 4.78 is 16.1. The van der Waals surface area contributed by atoms with Gasteiger partial charge in [0.1, 0.15) is 6.29 Å². The minimum Gasteiger partial charge on any atom is -0.493 e. The van der Waals surface area contributed by atoms with Gasteiger partial charge in [0.25, 0.3) is 0 Å². The Morgan fingerprint density at radius 2 is 1.95 bits per heavy atom. The maximum Gasteiger partial charge on any atom is 0.189 e. The van der Waals surface area contributed by atoms with Crippen molar-refractivity contribution in [2.24, 2.45) is 0 Å². The number of ether oxygens (including phenoxy) is 3. The van der Waals surface area contributed by atoms with Gasteiger partial charge in [-0.3, -0.25) is 4.79 Å². The molecule has 0 heterocycles. The standard InChI is InChI=1S/C14H22O4Si/c1-16-14-9-12(10-15)5-6-13(14)18-11-17-7-8-19(2,3)4/h5-6,9-10H,7-8,11H2,1-4H3. The molecule has 0 radical (unpaired) electrons. The van der Waals surface area contributed by atoms with Gasteiger partial charge < -0.3 is 14.2 Å². The lowest BCUT2D eigenvalue weighted by Gasteiger charge is -2.16. The van der Waals surface area contributed by atoms with E-state index in [1.165, 1.54) is 0 Å². The zero-order valence-corrected chi connectivity index (χ0v) is 13.1. The Morgan fingerprint density at radius 1 is 1.21 bits per heavy atom. The largest absolute Gasteiger partial charge is 0.493 e. The van der Waals surface area contributed by atoms with Crippen LogP contribution in [-0.2, 0) is 4.74 Å². The Morgan fingerprint density at radius 3 is 2.53 bits per heavy atom. The summed E-state index contributed by atoms with van der Waals surface area (Å²) in [6.07, 6.45) is 0.775. The fourth-order valence-electron chi connectivity index (χ4n) is 1.42. The minimum absolute atomic E-state index is 0.196. The molecule has 0 saturated carbocycles. The van der Waals surface area contributed by atoms with E-state index in [2.05, 4.69) is 19.6 Å². The van der Waals surface area contributed by atoms with Crippen LogP contribution in [0.3, 0.4) is 0 Å². The second-order valence-electron chi connectivity index (χ2n) is 5.51. The maximum absolute atomic E-state index is 10.7. The average molecular weight is 282 g/mol. The summed E-state index contributed by atoms with van der Waals surface area (Å²) in [5.41, 5.74) is 0.559. The first-order valence-corrected chi connectivity index (χ1v) is 10.0. The van der Waals surface area contributed by atoms with Gasteiger partial charge in [0.05, 0.1) is 7.11 Å². The SMILES string of the molecule is COc1cc(C=O)ccc1OCOCC[Si](C)(C)C. The molecule has 0 aliphatic heterocycles. The Hall–Kier alpha value is -1.33. The minimum atomic E-state index is -1.06. The highest BCUT2D eigenvalue weighted by atomic mass is 28.3. The maximum atomic E-state index is 10.7. The smallest absolute Gasteiger partial charge is 0.189 e. The zero-order chi connectivity index (χ0) is 14.3. The van der Waals surface area contributed by atoms with E-state index >= 15 is 0 Å². The van der Waals surface area contributed by atoms with Crippen molar-refractivity contribution in [2.75, 3.05) is 20.5 Å². The van der Waals surface area contributed by atoms with Crippen LogP contribution >= 0.6 is 0 Å². The number of carbonyl (C=O) groups is 1. The van der Waals surface area contributed by atoms with Gasteiger partial charge in [-0.25, -0.2) is 0 Å². The number of methoxy groups -OCH3 is 1. The molecule has 0 fully saturated rings. The Balaban J connectivity index is 2.43. The highest BCUT2D eigenvalue weighted by Crippen LogP contribution is 2.27. The molecule has 4 nitrogen and oxygen atoms in total. The molecule has 1 rings (SSSR count). The normalized spacial score (nSPS) is 11.2. The van der Waals surface area contributed by atoms with E-state index in [4.69, 9.17) is 14.2 Å². The van der Waals surface area contributed by atoms with Gasteiger partial charge in [-0.1, -0.05) is 19.6 Å². The molecule has 0 atom stereocenters. The molecular weight excluding hydrogens is 260 g/mol. The molecule has 0 N–H and O–H groups in total. The molecule has 0 unspecified atom stereocenters. The number of rotatable bonds is 8. The van der Waals surface area contributed by atoms with E-state index in [0.717, 1.165) is 12.3 Å². The van der Waals surface area contributed by atoms with Crippen molar-refractivity contribution in [1.82, 2.24) is 0 Å². The number of hydrogen-bond acceptors (Lipinski definition) is 4. The van der Waals surface area contributed by atoms with Crippen LogP contribution in [0.25, 0.3) is 0 Å². The first-order valence-electron chi connectivity index (χ1n) is 6.30. The number of aldehydes is 1. The van der Waals surface area contributed by atoms with Gasteiger partial charge >= 0.3 is 0 Å². The topological polar surface area (TPSA) is 44.8 Å². The second-order valence-corrected chi connectivity index (χ2v) is 11.1. The van der Waals surface area contributed by atoms with E-state index < -0.39 is 8.07 Å². The molecule has 19 heavy (non-hydrogen) atoms. The lowest BCUT2D eigenvalue weighted by molar-refractivity contribution is 0.0205. The summed E-state index contributed by atoms with van der Waals surface area (Å²) in [4.78, 5) is 10.7. The Kier molecular flexibility index (Phi) is 6.04. The third kappa shape index (κ3) is 5.89. The van der Waals surface area contributed by atoms with Gasteiger partial charge in [-0.05, 0) is 24.2 Å². The summed E-state index contributed by atoms with van der Waals surface area (Å²) in [6, 6.07) is 6.15. The van der Waals surface area contributed by atoms with Crippen LogP contribution in [0.5, 0.6) is 11.5 Å². The zero-order valence-electron chi connectivity index (χ0n) is 12.1. The van der Waals surface area contributed by atoms with Gasteiger partial charge in [0.2, 0.25) is 0 Å². The van der Waals surface area contributed by atoms with Crippen LogP contribution in [0.4, 0.5) is 0 Å². The summed E-state index contributed by atoms with van der Waals surface area (Å²) in [7, 11) is 0.484. The molecule has 1 aromatic rings. The lowest BCUT2D eigenvalue weighted by atomic mass is 10.2. The van der Waals surface area contributed by atoms with E-state index in [9.17, 15) is 4.79 Å². The van der Waals surface area contributed by atoms with E-state index in [-0.39, 0.29) is 6.79 Å². The van der Waals surface area contributed by atoms with Gasteiger partial charge in [0, 0.05) is 20.2 Å². The number of carbonyl (C=O) groups excluding carboxylic acids is 1. The van der Waals surface area contributed by atoms with E-state index in [1.807, 2.05) is 0 Å². The lowest BCUT2D eigenvalue weighted by Crippen LogP contribution is -2.22. The fourth-order valence-corrected chi connectivity index (χ4v) is 2.18. The van der Waals surface area contributed by atoms with Crippen molar-refractivity contribution < 1.29 is 19.0 Å². The van der Waals surface area contributed by atoms with Crippen LogP contribution < -0.4 is 9.47 Å². The number of benzene rings is 1. The predicted octanol–water partition coefficient (Wildman–Crippen LogP) is 3.20.